The Balaban J connectivity index is 2.18. The summed E-state index contributed by atoms with van der Waals surface area (Å²) in [4.78, 5) is 16.0. The van der Waals surface area contributed by atoms with E-state index in [0.717, 1.165) is 0 Å². The van der Waals surface area contributed by atoms with Gasteiger partial charge in [-0.1, -0.05) is 11.6 Å². The van der Waals surface area contributed by atoms with Crippen molar-refractivity contribution in [3.8, 4) is 5.75 Å². The summed E-state index contributed by atoms with van der Waals surface area (Å²) < 4.78 is 5.08. The Morgan fingerprint density at radius 3 is 2.75 bits per heavy atom. The molecule has 0 spiro atoms. The van der Waals surface area contributed by atoms with Crippen LogP contribution in [0.15, 0.2) is 36.5 Å². The zero-order valence-corrected chi connectivity index (χ0v) is 11.4. The van der Waals surface area contributed by atoms with Crippen molar-refractivity contribution in [2.24, 2.45) is 5.84 Å². The average Bonchev–Trinajstić information content (AvgIpc) is 2.49. The van der Waals surface area contributed by atoms with Crippen molar-refractivity contribution in [3.05, 3.63) is 47.1 Å². The summed E-state index contributed by atoms with van der Waals surface area (Å²) in [7, 11) is 1.54. The van der Waals surface area contributed by atoms with Gasteiger partial charge in [-0.05, 0) is 24.3 Å². The van der Waals surface area contributed by atoms with E-state index < -0.39 is 0 Å². The number of carbonyl (C=O) groups excluding carboxylic acids is 1. The van der Waals surface area contributed by atoms with Gasteiger partial charge in [-0.15, -0.1) is 0 Å². The van der Waals surface area contributed by atoms with Crippen LogP contribution in [0.2, 0.25) is 5.02 Å². The van der Waals surface area contributed by atoms with Gasteiger partial charge in [-0.3, -0.25) is 4.79 Å². The molecule has 104 valence electrons. The third kappa shape index (κ3) is 3.17. The lowest BCUT2D eigenvalue weighted by atomic mass is 10.2. The molecule has 0 radical (unpaired) electrons. The average molecular weight is 293 g/mol. The van der Waals surface area contributed by atoms with Crippen LogP contribution in [0.4, 0.5) is 11.5 Å². The Morgan fingerprint density at radius 2 is 2.15 bits per heavy atom. The molecule has 4 N–H and O–H groups in total. The number of nitrogens with two attached hydrogens (primary N) is 1. The Hall–Kier alpha value is -2.31. The molecule has 0 aliphatic heterocycles. The predicted molar refractivity (Wildman–Crippen MR) is 78.0 cm³/mol. The number of benzene rings is 1. The van der Waals surface area contributed by atoms with Gasteiger partial charge in [0.1, 0.15) is 11.6 Å². The summed E-state index contributed by atoms with van der Waals surface area (Å²) in [5.74, 6) is 5.96. The smallest absolute Gasteiger partial charge is 0.257 e. The number of pyridine rings is 1. The summed E-state index contributed by atoms with van der Waals surface area (Å²) in [5.41, 5.74) is 3.25. The number of halogens is 1. The Bertz CT molecular complexity index is 616. The summed E-state index contributed by atoms with van der Waals surface area (Å²) in [6.07, 6.45) is 1.42. The van der Waals surface area contributed by atoms with E-state index >= 15 is 0 Å². The van der Waals surface area contributed by atoms with Gasteiger partial charge in [0.25, 0.3) is 5.91 Å². The second-order valence-electron chi connectivity index (χ2n) is 3.88. The van der Waals surface area contributed by atoms with Crippen molar-refractivity contribution in [1.29, 1.82) is 0 Å². The molecule has 0 aliphatic rings. The number of rotatable bonds is 4. The number of amides is 1. The van der Waals surface area contributed by atoms with E-state index in [1.165, 1.54) is 13.3 Å². The molecule has 0 atom stereocenters. The molecule has 0 bridgehead atoms. The first-order valence-corrected chi connectivity index (χ1v) is 6.09. The van der Waals surface area contributed by atoms with E-state index in [2.05, 4.69) is 15.7 Å². The highest BCUT2D eigenvalue weighted by Gasteiger charge is 2.10. The highest BCUT2D eigenvalue weighted by atomic mass is 35.5. The third-order valence-electron chi connectivity index (χ3n) is 2.60. The monoisotopic (exact) mass is 292 g/mol. The highest BCUT2D eigenvalue weighted by Crippen LogP contribution is 2.27. The highest BCUT2D eigenvalue weighted by molar-refractivity contribution is 6.34. The van der Waals surface area contributed by atoms with Gasteiger partial charge in [-0.2, -0.15) is 0 Å². The molecule has 7 heteroatoms. The number of hydrogen-bond acceptors (Lipinski definition) is 5. The standard InChI is InChI=1S/C13H13ClN4O2/c1-20-9-3-4-10(14)11(6-9)17-13(19)8-2-5-12(18-15)16-7-8/h2-7H,15H2,1H3,(H,16,18)(H,17,19). The zero-order chi connectivity index (χ0) is 14.5. The van der Waals surface area contributed by atoms with Crippen molar-refractivity contribution >= 4 is 29.0 Å². The van der Waals surface area contributed by atoms with Gasteiger partial charge in [-0.25, -0.2) is 10.8 Å². The first-order chi connectivity index (χ1) is 9.63. The topological polar surface area (TPSA) is 89.3 Å². The van der Waals surface area contributed by atoms with Gasteiger partial charge >= 0.3 is 0 Å². The number of nitrogens with zero attached hydrogens (tertiary/aromatic N) is 1. The molecule has 20 heavy (non-hydrogen) atoms. The van der Waals surface area contributed by atoms with Crippen molar-refractivity contribution in [2.45, 2.75) is 0 Å². The van der Waals surface area contributed by atoms with Crippen molar-refractivity contribution in [2.75, 3.05) is 17.9 Å². The number of nitrogen functional groups attached to an aromatic ring is 1. The van der Waals surface area contributed by atoms with Gasteiger partial charge in [0.05, 0.1) is 23.4 Å². The van der Waals surface area contributed by atoms with Crippen LogP contribution in [0, 0.1) is 0 Å². The van der Waals surface area contributed by atoms with Crippen molar-refractivity contribution in [1.82, 2.24) is 4.98 Å². The predicted octanol–water partition coefficient (Wildman–Crippen LogP) is 2.28. The number of anilines is 2. The number of ether oxygens (including phenoxy) is 1. The molecule has 0 saturated carbocycles. The second-order valence-corrected chi connectivity index (χ2v) is 4.28. The van der Waals surface area contributed by atoms with E-state index in [-0.39, 0.29) is 5.91 Å². The zero-order valence-electron chi connectivity index (χ0n) is 10.7. The maximum atomic E-state index is 12.1. The van der Waals surface area contributed by atoms with E-state index in [4.69, 9.17) is 22.2 Å². The molecule has 1 heterocycles. The van der Waals surface area contributed by atoms with Crippen LogP contribution in [0.3, 0.4) is 0 Å². The van der Waals surface area contributed by atoms with Gasteiger partial charge in [0.2, 0.25) is 0 Å². The van der Waals surface area contributed by atoms with Crippen molar-refractivity contribution in [3.63, 3.8) is 0 Å². The van der Waals surface area contributed by atoms with Gasteiger partial charge in [0.15, 0.2) is 0 Å². The fourth-order valence-electron chi connectivity index (χ4n) is 1.54. The van der Waals surface area contributed by atoms with Crippen molar-refractivity contribution < 1.29 is 9.53 Å². The Labute approximate surface area is 120 Å². The Kier molecular flexibility index (Phi) is 4.39. The molecule has 0 fully saturated rings. The number of aromatic nitrogens is 1. The summed E-state index contributed by atoms with van der Waals surface area (Å²) >= 11 is 6.02. The molecule has 0 saturated heterocycles. The van der Waals surface area contributed by atoms with Crippen LogP contribution in [0.1, 0.15) is 10.4 Å². The van der Waals surface area contributed by atoms with Gasteiger partial charge in [0, 0.05) is 12.3 Å². The normalized spacial score (nSPS) is 9.95. The van der Waals surface area contributed by atoms with Crippen LogP contribution < -0.4 is 21.3 Å². The van der Waals surface area contributed by atoms with Gasteiger partial charge < -0.3 is 15.5 Å². The number of hydrogen-bond donors (Lipinski definition) is 3. The molecule has 6 nitrogen and oxygen atoms in total. The first-order valence-electron chi connectivity index (χ1n) is 5.71. The lowest BCUT2D eigenvalue weighted by molar-refractivity contribution is 0.102. The SMILES string of the molecule is COc1ccc(Cl)c(NC(=O)c2ccc(NN)nc2)c1. The van der Waals surface area contributed by atoms with Crippen LogP contribution in [-0.4, -0.2) is 18.0 Å². The summed E-state index contributed by atoms with van der Waals surface area (Å²) in [5, 5.41) is 3.12. The quantitative estimate of drug-likeness (QED) is 0.594. The molecule has 1 aromatic carbocycles. The number of nitrogens with one attached hydrogen (secondary N) is 2. The van der Waals surface area contributed by atoms with E-state index in [1.54, 1.807) is 30.3 Å². The molecule has 2 aromatic rings. The third-order valence-corrected chi connectivity index (χ3v) is 2.92. The lowest BCUT2D eigenvalue weighted by Crippen LogP contribution is -2.14. The minimum absolute atomic E-state index is 0.323. The molecular formula is C13H13ClN4O2. The molecule has 2 rings (SSSR count). The molecule has 0 unspecified atom stereocenters. The molecule has 1 amide bonds. The maximum Gasteiger partial charge on any atom is 0.257 e. The minimum atomic E-state index is -0.323. The molecular weight excluding hydrogens is 280 g/mol. The number of carbonyl (C=O) groups is 1. The summed E-state index contributed by atoms with van der Waals surface area (Å²) in [6, 6.07) is 8.20. The number of methoxy groups -OCH3 is 1. The largest absolute Gasteiger partial charge is 0.497 e. The fraction of sp³-hybridized carbons (Fsp3) is 0.0769. The van der Waals surface area contributed by atoms with Crippen LogP contribution >= 0.6 is 11.6 Å². The maximum absolute atomic E-state index is 12.1. The minimum Gasteiger partial charge on any atom is -0.497 e. The first kappa shape index (κ1) is 14.1. The lowest BCUT2D eigenvalue weighted by Gasteiger charge is -2.09. The van der Waals surface area contributed by atoms with E-state index in [9.17, 15) is 4.79 Å². The molecule has 1 aromatic heterocycles. The van der Waals surface area contributed by atoms with Crippen LogP contribution in [0.25, 0.3) is 0 Å². The second kappa shape index (κ2) is 6.23. The van der Waals surface area contributed by atoms with E-state index in [0.29, 0.717) is 27.8 Å². The fourth-order valence-corrected chi connectivity index (χ4v) is 1.70. The van der Waals surface area contributed by atoms with E-state index in [1.807, 2.05) is 0 Å². The summed E-state index contributed by atoms with van der Waals surface area (Å²) in [6.45, 7) is 0. The molecule has 0 aliphatic carbocycles. The van der Waals surface area contributed by atoms with Crippen LogP contribution in [-0.2, 0) is 0 Å². The Morgan fingerprint density at radius 1 is 1.35 bits per heavy atom. The van der Waals surface area contributed by atoms with Crippen LogP contribution in [0.5, 0.6) is 5.75 Å². The number of hydrazine groups is 1.